The number of aliphatic imine (C=N–C) groups is 1. The maximum atomic E-state index is 8.89. The van der Waals surface area contributed by atoms with Gasteiger partial charge in [0, 0.05) is 20.1 Å². The van der Waals surface area contributed by atoms with E-state index in [-0.39, 0.29) is 26.0 Å². The van der Waals surface area contributed by atoms with Crippen molar-refractivity contribution in [3.8, 4) is 0 Å². The first kappa shape index (κ1) is 31.5. The molecule has 33 heavy (non-hydrogen) atoms. The number of hydrogen-bond acceptors (Lipinski definition) is 3. The van der Waals surface area contributed by atoms with Gasteiger partial charge in [0.1, 0.15) is 0 Å². The first-order valence-electron chi connectivity index (χ1n) is 11.2. The Morgan fingerprint density at radius 3 is 1.88 bits per heavy atom. The van der Waals surface area contributed by atoms with Crippen molar-refractivity contribution in [1.82, 2.24) is 0 Å². The van der Waals surface area contributed by atoms with Crippen LogP contribution in [0, 0.1) is 13.8 Å². The maximum absolute atomic E-state index is 8.89. The largest absolute Gasteiger partial charge is 2.00 e. The Bertz CT molecular complexity index is 922. The summed E-state index contributed by atoms with van der Waals surface area (Å²) in [5, 5.41) is 15.5. The molecule has 2 aromatic rings. The van der Waals surface area contributed by atoms with Crippen LogP contribution in [0.2, 0.25) is 0 Å². The number of rotatable bonds is 6. The fourth-order valence-corrected chi connectivity index (χ4v) is 6.95. The molecule has 0 atom stereocenters. The average molecular weight is 562 g/mol. The van der Waals surface area contributed by atoms with E-state index < -0.39 is 13.9 Å². The van der Waals surface area contributed by atoms with Gasteiger partial charge in [0.2, 0.25) is 0 Å². The van der Waals surface area contributed by atoms with E-state index in [1.165, 1.54) is 16.4 Å². The number of carboxylic acid groups (broad SMARTS) is 1. The normalized spacial score (nSPS) is 11.4. The molecule has 6 heteroatoms. The molecule has 184 valence electrons. The van der Waals surface area contributed by atoms with Crippen molar-refractivity contribution >= 4 is 36.8 Å². The second-order valence-corrected chi connectivity index (χ2v) is 13.6. The molecule has 4 nitrogen and oxygen atoms in total. The zero-order valence-corrected chi connectivity index (χ0v) is 24.3. The predicted octanol–water partition coefficient (Wildman–Crippen LogP) is 6.27. The van der Waals surface area contributed by atoms with Gasteiger partial charge >= 0.3 is 20.4 Å². The fraction of sp³-hybridized carbons (Fsp3) is 0.481. The number of hydrogen-bond donors (Lipinski definition) is 0. The summed E-state index contributed by atoms with van der Waals surface area (Å²) in [7, 11) is -0.710. The van der Waals surface area contributed by atoms with E-state index in [9.17, 15) is 0 Å². The molecule has 0 amide bonds. The molecule has 0 unspecified atom stereocenters. The molecule has 0 N–H and O–H groups in total. The molecule has 0 aliphatic rings. The Labute approximate surface area is 216 Å². The third kappa shape index (κ3) is 11.4. The topological polar surface area (TPSA) is 66.6 Å². The number of aryl methyl sites for hydroxylation is 2. The van der Waals surface area contributed by atoms with Gasteiger partial charge < -0.3 is 15.2 Å². The molecule has 0 fully saturated rings. The third-order valence-corrected chi connectivity index (χ3v) is 8.23. The monoisotopic (exact) mass is 561 g/mol. The van der Waals surface area contributed by atoms with E-state index in [1.807, 2.05) is 6.21 Å². The van der Waals surface area contributed by atoms with Crippen molar-refractivity contribution in [2.24, 2.45) is 4.99 Å². The van der Waals surface area contributed by atoms with Gasteiger partial charge in [0.05, 0.1) is 22.2 Å². The van der Waals surface area contributed by atoms with Crippen molar-refractivity contribution in [2.45, 2.75) is 86.1 Å². The zero-order valence-electron chi connectivity index (χ0n) is 21.7. The predicted molar refractivity (Wildman–Crippen MR) is 141 cm³/mol. The van der Waals surface area contributed by atoms with Crippen LogP contribution < -0.4 is 10.4 Å². The molecule has 0 aliphatic carbocycles. The zero-order chi connectivity index (χ0) is 24.6. The summed E-state index contributed by atoms with van der Waals surface area (Å²) < 4.78 is 0. The minimum absolute atomic E-state index is 0. The van der Waals surface area contributed by atoms with Crippen molar-refractivity contribution in [1.29, 1.82) is 0 Å². The van der Waals surface area contributed by atoms with E-state index >= 15 is 0 Å². The van der Waals surface area contributed by atoms with Gasteiger partial charge in [-0.05, 0) is 86.4 Å². The summed E-state index contributed by atoms with van der Waals surface area (Å²) in [6, 6.07) is 13.2. The van der Waals surface area contributed by atoms with Crippen molar-refractivity contribution in [3.05, 3.63) is 58.4 Å². The van der Waals surface area contributed by atoms with Gasteiger partial charge in [0.25, 0.3) is 0 Å². The molecule has 0 saturated heterocycles. The maximum Gasteiger partial charge on any atom is 2.00 e. The quantitative estimate of drug-likeness (QED) is 0.237. The first-order chi connectivity index (χ1) is 14.7. The summed E-state index contributed by atoms with van der Waals surface area (Å²) in [5.41, 5.74) is 6.99. The minimum atomic E-state index is -1.08. The number of nitrogens with zero attached hydrogens (tertiary/aromatic N) is 2. The first-order valence-corrected chi connectivity index (χ1v) is 12.9. The second-order valence-electron chi connectivity index (χ2n) is 9.88. The van der Waals surface area contributed by atoms with Gasteiger partial charge in [-0.1, -0.05) is 41.6 Å². The van der Waals surface area contributed by atoms with Crippen LogP contribution >= 0.6 is 7.92 Å². The van der Waals surface area contributed by atoms with Crippen LogP contribution in [0.4, 0.5) is 11.4 Å². The summed E-state index contributed by atoms with van der Waals surface area (Å²) in [4.78, 5) is 13.6. The Morgan fingerprint density at radius 1 is 0.970 bits per heavy atom. The average Bonchev–Trinajstić information content (AvgIpc) is 2.62. The third-order valence-electron chi connectivity index (χ3n) is 4.72. The molecule has 0 spiro atoms. The van der Waals surface area contributed by atoms with Crippen LogP contribution in [0.3, 0.4) is 0 Å². The Kier molecular flexibility index (Phi) is 13.4. The summed E-state index contributed by atoms with van der Waals surface area (Å²) in [6.07, 6.45) is 1.98. The molecule has 0 heterocycles. The van der Waals surface area contributed by atoms with E-state index in [2.05, 4.69) is 98.7 Å². The van der Waals surface area contributed by atoms with Gasteiger partial charge in [0.15, 0.2) is 0 Å². The molecule has 2 rings (SSSR count). The Morgan fingerprint density at radius 2 is 1.42 bits per heavy atom. The van der Waals surface area contributed by atoms with Crippen LogP contribution in [-0.2, 0) is 25.2 Å². The van der Waals surface area contributed by atoms with E-state index in [1.54, 1.807) is 0 Å². The van der Waals surface area contributed by atoms with Crippen LogP contribution in [-0.4, -0.2) is 29.0 Å². The molecule has 0 aromatic heterocycles. The van der Waals surface area contributed by atoms with E-state index in [0.29, 0.717) is 11.3 Å². The Balaban J connectivity index is 0.00000189. The summed E-state index contributed by atoms with van der Waals surface area (Å²) in [5.74, 6) is -1.08. The summed E-state index contributed by atoms with van der Waals surface area (Å²) >= 11 is 0. The van der Waals surface area contributed by atoms with Gasteiger partial charge in [-0.25, -0.2) is 0 Å². The van der Waals surface area contributed by atoms with Crippen molar-refractivity contribution in [2.75, 3.05) is 0 Å². The minimum Gasteiger partial charge on any atom is -0.654 e. The van der Waals surface area contributed by atoms with Gasteiger partial charge in [-0.15, -0.1) is 5.69 Å². The molecule has 0 radical (unpaired) electrons. The SMILES string of the molecule is CC(=O)[O-].Cc1ccc([N-]c2ccc(C)cc2[PH+](C(C)C)C(C)C)c(C=NC(C)(C)C)c1.[Pd+2]. The summed E-state index contributed by atoms with van der Waals surface area (Å²) in [6.45, 7) is 21.0. The van der Waals surface area contributed by atoms with E-state index in [0.717, 1.165) is 23.9 Å². The number of carbonyl (C=O) groups excluding carboxylic acids is 1. The Hall–Kier alpha value is -1.53. The molecule has 0 aliphatic heterocycles. The number of carboxylic acids is 1. The van der Waals surface area contributed by atoms with Crippen LogP contribution in [0.15, 0.2) is 41.4 Å². The molecule has 0 saturated carbocycles. The number of carbonyl (C=O) groups is 1. The molecular formula is C27H40N2O2PPd+. The molecular weight excluding hydrogens is 522 g/mol. The van der Waals surface area contributed by atoms with Crippen molar-refractivity contribution in [3.63, 3.8) is 0 Å². The number of aliphatic carboxylic acids is 1. The van der Waals surface area contributed by atoms with E-state index in [4.69, 9.17) is 20.2 Å². The standard InChI is InChI=1S/C25H36N2P.C2H4O2.Pd/c1-17(2)28(18(3)4)24-15-20(6)11-13-23(24)27-22-12-10-19(5)14-21(22)16-26-25(7,8)9;1-2(3)4;/h10-18H,1-9H3;1H3,(H,3,4);/q-1;;+2. The van der Waals surface area contributed by atoms with Gasteiger partial charge in [-0.3, -0.25) is 4.99 Å². The van der Waals surface area contributed by atoms with Crippen molar-refractivity contribution < 1.29 is 30.3 Å². The fourth-order valence-electron chi connectivity index (χ4n) is 3.54. The molecule has 0 bridgehead atoms. The van der Waals surface area contributed by atoms with Crippen LogP contribution in [0.25, 0.3) is 5.32 Å². The van der Waals surface area contributed by atoms with Gasteiger partial charge in [-0.2, -0.15) is 0 Å². The number of benzene rings is 2. The second kappa shape index (κ2) is 14.0. The van der Waals surface area contributed by atoms with Crippen LogP contribution in [0.5, 0.6) is 0 Å². The smallest absolute Gasteiger partial charge is 0.654 e. The molecule has 2 aromatic carbocycles. The van der Waals surface area contributed by atoms with Crippen LogP contribution in [0.1, 0.15) is 72.1 Å².